The fourth-order valence-corrected chi connectivity index (χ4v) is 2.83. The van der Waals surface area contributed by atoms with E-state index in [0.717, 1.165) is 24.3 Å². The zero-order chi connectivity index (χ0) is 23.5. The van der Waals surface area contributed by atoms with Gasteiger partial charge in [0.15, 0.2) is 0 Å². The van der Waals surface area contributed by atoms with Crippen LogP contribution in [0.5, 0.6) is 11.5 Å². The number of anilines is 2. The van der Waals surface area contributed by atoms with E-state index in [1.54, 1.807) is 0 Å². The normalized spacial score (nSPS) is 11.1. The van der Waals surface area contributed by atoms with Crippen LogP contribution in [-0.4, -0.2) is 17.0 Å². The highest BCUT2D eigenvalue weighted by Crippen LogP contribution is 2.31. The molecule has 3 aromatic carbocycles. The first-order valence-corrected chi connectivity index (χ1v) is 9.09. The second-order valence-electron chi connectivity index (χ2n) is 6.73. The van der Waals surface area contributed by atoms with Crippen molar-refractivity contribution in [3.8, 4) is 11.5 Å². The summed E-state index contributed by atoms with van der Waals surface area (Å²) in [7, 11) is 0. The van der Waals surface area contributed by atoms with Gasteiger partial charge in [-0.3, -0.25) is 4.79 Å². The fraction of sp³-hybridized carbons (Fsp3) is 0.0909. The maximum Gasteiger partial charge on any atom is 0.416 e. The third-order valence-corrected chi connectivity index (χ3v) is 4.29. The van der Waals surface area contributed by atoms with Crippen LogP contribution in [0.2, 0.25) is 0 Å². The minimum absolute atomic E-state index is 0.0213. The van der Waals surface area contributed by atoms with Crippen LogP contribution in [0.3, 0.4) is 0 Å². The monoisotopic (exact) mass is 448 g/mol. The Morgan fingerprint density at radius 3 is 2.47 bits per heavy atom. The van der Waals surface area contributed by atoms with Gasteiger partial charge in [-0.15, -0.1) is 0 Å². The van der Waals surface area contributed by atoms with Crippen molar-refractivity contribution in [1.29, 1.82) is 0 Å². The largest absolute Gasteiger partial charge is 0.478 e. The molecule has 32 heavy (non-hydrogen) atoms. The lowest BCUT2D eigenvalue weighted by atomic mass is 10.1. The topological polar surface area (TPSA) is 102 Å². The minimum atomic E-state index is -4.55. The Hall–Kier alpha value is -4.08. The predicted molar refractivity (Wildman–Crippen MR) is 108 cm³/mol. The predicted octanol–water partition coefficient (Wildman–Crippen LogP) is 5.10. The molecule has 0 aliphatic rings. The number of nitrogen functional groups attached to an aromatic ring is 1. The van der Waals surface area contributed by atoms with Gasteiger partial charge in [0.25, 0.3) is 0 Å². The summed E-state index contributed by atoms with van der Waals surface area (Å²) in [5.41, 5.74) is 4.47. The van der Waals surface area contributed by atoms with Crippen molar-refractivity contribution in [2.75, 3.05) is 11.1 Å². The van der Waals surface area contributed by atoms with Crippen molar-refractivity contribution in [1.82, 2.24) is 0 Å². The number of rotatable bonds is 6. The summed E-state index contributed by atoms with van der Waals surface area (Å²) in [6, 6.07) is 11.5. The molecule has 0 aliphatic heterocycles. The van der Waals surface area contributed by atoms with Gasteiger partial charge >= 0.3 is 12.1 Å². The number of aromatic carboxylic acids is 1. The molecule has 1 amide bonds. The summed E-state index contributed by atoms with van der Waals surface area (Å²) in [5.74, 6) is -2.89. The molecule has 0 saturated carbocycles. The molecule has 0 radical (unpaired) electrons. The van der Waals surface area contributed by atoms with Gasteiger partial charge in [0.2, 0.25) is 5.91 Å². The van der Waals surface area contributed by atoms with Gasteiger partial charge in [0.05, 0.1) is 17.7 Å². The molecular weight excluding hydrogens is 432 g/mol. The van der Waals surface area contributed by atoms with E-state index in [9.17, 15) is 32.3 Å². The van der Waals surface area contributed by atoms with E-state index in [4.69, 9.17) is 10.5 Å². The number of nitrogens with one attached hydrogen (secondary N) is 1. The number of nitrogens with two attached hydrogens (primary N) is 1. The Balaban J connectivity index is 1.77. The van der Waals surface area contributed by atoms with Crippen molar-refractivity contribution in [3.63, 3.8) is 0 Å². The molecule has 4 N–H and O–H groups in total. The van der Waals surface area contributed by atoms with Crippen LogP contribution >= 0.6 is 0 Å². The van der Waals surface area contributed by atoms with Crippen LogP contribution in [0, 0.1) is 5.82 Å². The van der Waals surface area contributed by atoms with E-state index in [2.05, 4.69) is 5.32 Å². The minimum Gasteiger partial charge on any atom is -0.478 e. The number of halogens is 4. The maximum atomic E-state index is 14.2. The SMILES string of the molecule is Nc1ccc(Oc2ccc(F)c(NC(=O)Cc3cccc(C(F)(F)F)c3)c2)c(C(=O)O)c1. The number of alkyl halides is 3. The fourth-order valence-electron chi connectivity index (χ4n) is 2.83. The molecule has 3 rings (SSSR count). The number of hydrogen-bond donors (Lipinski definition) is 3. The third kappa shape index (κ3) is 5.54. The van der Waals surface area contributed by atoms with Gasteiger partial charge in [-0.2, -0.15) is 13.2 Å². The van der Waals surface area contributed by atoms with Crippen LogP contribution in [0.15, 0.2) is 60.7 Å². The Kier molecular flexibility index (Phi) is 6.33. The van der Waals surface area contributed by atoms with E-state index in [1.165, 1.54) is 36.4 Å². The van der Waals surface area contributed by atoms with Gasteiger partial charge in [0, 0.05) is 11.8 Å². The van der Waals surface area contributed by atoms with Crippen molar-refractivity contribution in [2.45, 2.75) is 12.6 Å². The smallest absolute Gasteiger partial charge is 0.416 e. The number of benzene rings is 3. The number of carbonyl (C=O) groups is 2. The second kappa shape index (κ2) is 8.96. The number of carboxylic acid groups (broad SMARTS) is 1. The van der Waals surface area contributed by atoms with Crippen molar-refractivity contribution >= 4 is 23.3 Å². The average Bonchev–Trinajstić information content (AvgIpc) is 2.71. The molecular formula is C22H16F4N2O4. The van der Waals surface area contributed by atoms with Crippen molar-refractivity contribution < 1.29 is 37.0 Å². The first-order chi connectivity index (χ1) is 15.0. The van der Waals surface area contributed by atoms with Crippen LogP contribution in [-0.2, 0) is 17.4 Å². The van der Waals surface area contributed by atoms with Gasteiger partial charge in [-0.05, 0) is 42.0 Å². The average molecular weight is 448 g/mol. The summed E-state index contributed by atoms with van der Waals surface area (Å²) in [6.45, 7) is 0. The summed E-state index contributed by atoms with van der Waals surface area (Å²) < 4.78 is 58.1. The third-order valence-electron chi connectivity index (χ3n) is 4.29. The van der Waals surface area contributed by atoms with Crippen LogP contribution in [0.25, 0.3) is 0 Å². The van der Waals surface area contributed by atoms with Gasteiger partial charge in [0.1, 0.15) is 22.9 Å². The quantitative estimate of drug-likeness (QED) is 0.360. The number of hydrogen-bond acceptors (Lipinski definition) is 4. The highest BCUT2D eigenvalue weighted by Gasteiger charge is 2.30. The zero-order valence-electron chi connectivity index (χ0n) is 16.2. The highest BCUT2D eigenvalue weighted by atomic mass is 19.4. The number of carboxylic acids is 1. The molecule has 10 heteroatoms. The van der Waals surface area contributed by atoms with Crippen LogP contribution in [0.4, 0.5) is 28.9 Å². The molecule has 0 spiro atoms. The van der Waals surface area contributed by atoms with Crippen molar-refractivity contribution in [3.05, 3.63) is 83.2 Å². The molecule has 0 bridgehead atoms. The van der Waals surface area contributed by atoms with Gasteiger partial charge in [-0.1, -0.05) is 18.2 Å². The lowest BCUT2D eigenvalue weighted by Crippen LogP contribution is -2.16. The molecule has 0 aromatic heterocycles. The molecule has 0 atom stereocenters. The molecule has 6 nitrogen and oxygen atoms in total. The summed E-state index contributed by atoms with van der Waals surface area (Å²) in [4.78, 5) is 23.6. The molecule has 0 unspecified atom stereocenters. The molecule has 0 fully saturated rings. The first-order valence-electron chi connectivity index (χ1n) is 9.09. The van der Waals surface area contributed by atoms with Gasteiger partial charge < -0.3 is 20.9 Å². The van der Waals surface area contributed by atoms with Crippen molar-refractivity contribution in [2.24, 2.45) is 0 Å². The van der Waals surface area contributed by atoms with E-state index in [0.29, 0.717) is 0 Å². The summed E-state index contributed by atoms with van der Waals surface area (Å²) >= 11 is 0. The Labute approximate surface area is 179 Å². The van der Waals surface area contributed by atoms with E-state index >= 15 is 0 Å². The van der Waals surface area contributed by atoms with Crippen LogP contribution in [0.1, 0.15) is 21.5 Å². The molecule has 0 aliphatic carbocycles. The summed E-state index contributed by atoms with van der Waals surface area (Å²) in [6.07, 6.45) is -4.98. The van der Waals surface area contributed by atoms with Gasteiger partial charge in [-0.25, -0.2) is 9.18 Å². The lowest BCUT2D eigenvalue weighted by Gasteiger charge is -2.12. The Morgan fingerprint density at radius 2 is 1.78 bits per heavy atom. The highest BCUT2D eigenvalue weighted by molar-refractivity contribution is 5.93. The molecule has 3 aromatic rings. The maximum absolute atomic E-state index is 14.2. The number of amides is 1. The molecule has 0 heterocycles. The second-order valence-corrected chi connectivity index (χ2v) is 6.73. The molecule has 0 saturated heterocycles. The number of ether oxygens (including phenoxy) is 1. The Bertz CT molecular complexity index is 1180. The summed E-state index contributed by atoms with van der Waals surface area (Å²) in [5, 5.41) is 11.6. The van der Waals surface area contributed by atoms with Crippen LogP contribution < -0.4 is 15.8 Å². The zero-order valence-corrected chi connectivity index (χ0v) is 16.2. The first kappa shape index (κ1) is 22.6. The van der Waals surface area contributed by atoms with E-state index < -0.39 is 35.9 Å². The Morgan fingerprint density at radius 1 is 1.03 bits per heavy atom. The standard InChI is InChI=1S/C22H16F4N2O4/c23-17-6-5-15(32-19-7-4-14(27)10-16(19)21(30)31)11-18(17)28-20(29)9-12-2-1-3-13(8-12)22(24,25)26/h1-8,10-11H,9,27H2,(H,28,29)(H,30,31). The van der Waals surface area contributed by atoms with E-state index in [-0.39, 0.29) is 34.0 Å². The number of carbonyl (C=O) groups excluding carboxylic acids is 1. The molecule has 166 valence electrons. The van der Waals surface area contributed by atoms with E-state index in [1.807, 2.05) is 0 Å². The lowest BCUT2D eigenvalue weighted by molar-refractivity contribution is -0.137.